The minimum absolute atomic E-state index is 0.372. The van der Waals surface area contributed by atoms with Gasteiger partial charge in [-0.05, 0) is 24.7 Å². The zero-order chi connectivity index (χ0) is 13.4. The number of hydrogen-bond donors (Lipinski definition) is 2. The fourth-order valence-electron chi connectivity index (χ4n) is 2.75. The van der Waals surface area contributed by atoms with Gasteiger partial charge in [-0.25, -0.2) is 0 Å². The van der Waals surface area contributed by atoms with E-state index in [0.717, 1.165) is 12.5 Å². The molecule has 1 rings (SSSR count). The summed E-state index contributed by atoms with van der Waals surface area (Å²) in [5.74, 6) is 1.33. The molecule has 0 saturated heterocycles. The van der Waals surface area contributed by atoms with Gasteiger partial charge in [0.05, 0.1) is 12.7 Å². The van der Waals surface area contributed by atoms with Crippen LogP contribution in [-0.2, 0) is 4.74 Å². The van der Waals surface area contributed by atoms with Crippen molar-refractivity contribution in [3.05, 3.63) is 0 Å². The van der Waals surface area contributed by atoms with Gasteiger partial charge >= 0.3 is 0 Å². The quantitative estimate of drug-likeness (QED) is 0.702. The Morgan fingerprint density at radius 3 is 2.61 bits per heavy atom. The molecule has 3 nitrogen and oxygen atoms in total. The van der Waals surface area contributed by atoms with Crippen molar-refractivity contribution >= 4 is 0 Å². The zero-order valence-corrected chi connectivity index (χ0v) is 12.3. The fourth-order valence-corrected chi connectivity index (χ4v) is 2.75. The van der Waals surface area contributed by atoms with E-state index in [4.69, 9.17) is 4.74 Å². The van der Waals surface area contributed by atoms with Crippen LogP contribution < -0.4 is 5.32 Å². The molecule has 18 heavy (non-hydrogen) atoms. The number of aliphatic hydroxyl groups is 1. The SMILES string of the molecule is CCC1CCCCC1NCC(O)COCC(C)C. The van der Waals surface area contributed by atoms with E-state index in [1.165, 1.54) is 32.1 Å². The van der Waals surface area contributed by atoms with Crippen molar-refractivity contribution in [1.82, 2.24) is 5.32 Å². The van der Waals surface area contributed by atoms with Crippen LogP contribution in [0.2, 0.25) is 0 Å². The molecule has 0 aromatic heterocycles. The average Bonchev–Trinajstić information content (AvgIpc) is 2.36. The first-order valence-corrected chi connectivity index (χ1v) is 7.62. The highest BCUT2D eigenvalue weighted by atomic mass is 16.5. The number of ether oxygens (including phenoxy) is 1. The first kappa shape index (κ1) is 15.9. The van der Waals surface area contributed by atoms with E-state index < -0.39 is 0 Å². The second-order valence-electron chi connectivity index (χ2n) is 6.05. The standard InChI is InChI=1S/C15H31NO2/c1-4-13-7-5-6-8-15(13)16-9-14(17)11-18-10-12(2)3/h12-17H,4-11H2,1-3H3. The third-order valence-electron chi connectivity index (χ3n) is 3.81. The number of nitrogens with one attached hydrogen (secondary N) is 1. The lowest BCUT2D eigenvalue weighted by molar-refractivity contribution is 0.0232. The van der Waals surface area contributed by atoms with Gasteiger partial charge in [0.25, 0.3) is 0 Å². The Morgan fingerprint density at radius 2 is 1.94 bits per heavy atom. The molecule has 3 atom stereocenters. The van der Waals surface area contributed by atoms with E-state index in [1.807, 2.05) is 0 Å². The Kier molecular flexibility index (Phi) is 7.87. The molecular formula is C15H31NO2. The lowest BCUT2D eigenvalue weighted by Gasteiger charge is -2.32. The molecule has 0 aromatic carbocycles. The van der Waals surface area contributed by atoms with Gasteiger partial charge in [0, 0.05) is 19.2 Å². The number of rotatable bonds is 8. The molecule has 1 saturated carbocycles. The first-order chi connectivity index (χ1) is 8.63. The Hall–Kier alpha value is -0.120. The smallest absolute Gasteiger partial charge is 0.0897 e. The summed E-state index contributed by atoms with van der Waals surface area (Å²) >= 11 is 0. The Bertz CT molecular complexity index is 209. The first-order valence-electron chi connectivity index (χ1n) is 7.62. The van der Waals surface area contributed by atoms with Gasteiger partial charge < -0.3 is 15.2 Å². The molecule has 0 bridgehead atoms. The Balaban J connectivity index is 2.14. The molecule has 0 spiro atoms. The predicted octanol–water partition coefficient (Wildman–Crippen LogP) is 2.58. The van der Waals surface area contributed by atoms with Gasteiger partial charge in [0.2, 0.25) is 0 Å². The summed E-state index contributed by atoms with van der Waals surface area (Å²) in [6.07, 6.45) is 6.18. The lowest BCUT2D eigenvalue weighted by atomic mass is 9.83. The monoisotopic (exact) mass is 257 g/mol. The van der Waals surface area contributed by atoms with E-state index in [1.54, 1.807) is 0 Å². The van der Waals surface area contributed by atoms with Gasteiger partial charge in [-0.15, -0.1) is 0 Å². The summed E-state index contributed by atoms with van der Waals surface area (Å²) in [7, 11) is 0. The molecule has 0 heterocycles. The summed E-state index contributed by atoms with van der Waals surface area (Å²) in [4.78, 5) is 0. The molecular weight excluding hydrogens is 226 g/mol. The molecule has 3 unspecified atom stereocenters. The van der Waals surface area contributed by atoms with Crippen molar-refractivity contribution < 1.29 is 9.84 Å². The van der Waals surface area contributed by atoms with E-state index in [2.05, 4.69) is 26.1 Å². The third-order valence-corrected chi connectivity index (χ3v) is 3.81. The van der Waals surface area contributed by atoms with Gasteiger partial charge in [0.1, 0.15) is 0 Å². The van der Waals surface area contributed by atoms with Crippen LogP contribution in [0.4, 0.5) is 0 Å². The third kappa shape index (κ3) is 6.17. The highest BCUT2D eigenvalue weighted by Gasteiger charge is 2.23. The molecule has 1 aliphatic carbocycles. The lowest BCUT2D eigenvalue weighted by Crippen LogP contribution is -2.43. The number of hydrogen-bond acceptors (Lipinski definition) is 3. The topological polar surface area (TPSA) is 41.5 Å². The normalized spacial score (nSPS) is 26.5. The molecule has 1 aliphatic rings. The summed E-state index contributed by atoms with van der Waals surface area (Å²) in [6.45, 7) is 8.37. The maximum Gasteiger partial charge on any atom is 0.0897 e. The van der Waals surface area contributed by atoms with E-state index in [0.29, 0.717) is 25.1 Å². The highest BCUT2D eigenvalue weighted by molar-refractivity contribution is 4.80. The summed E-state index contributed by atoms with van der Waals surface area (Å²) in [6, 6.07) is 0.600. The summed E-state index contributed by atoms with van der Waals surface area (Å²) in [5.41, 5.74) is 0. The minimum Gasteiger partial charge on any atom is -0.389 e. The minimum atomic E-state index is -0.372. The van der Waals surface area contributed by atoms with Crippen molar-refractivity contribution in [2.75, 3.05) is 19.8 Å². The Morgan fingerprint density at radius 1 is 1.22 bits per heavy atom. The van der Waals surface area contributed by atoms with Crippen LogP contribution in [0, 0.1) is 11.8 Å². The van der Waals surface area contributed by atoms with Crippen LogP contribution in [0.5, 0.6) is 0 Å². The van der Waals surface area contributed by atoms with Crippen molar-refractivity contribution in [2.45, 2.75) is 65.0 Å². The molecule has 2 N–H and O–H groups in total. The highest BCUT2D eigenvalue weighted by Crippen LogP contribution is 2.26. The second-order valence-corrected chi connectivity index (χ2v) is 6.05. The van der Waals surface area contributed by atoms with Gasteiger partial charge in [-0.3, -0.25) is 0 Å². The maximum atomic E-state index is 9.86. The van der Waals surface area contributed by atoms with Crippen LogP contribution in [0.3, 0.4) is 0 Å². The van der Waals surface area contributed by atoms with Crippen molar-refractivity contribution in [3.8, 4) is 0 Å². The van der Waals surface area contributed by atoms with E-state index >= 15 is 0 Å². The van der Waals surface area contributed by atoms with Crippen molar-refractivity contribution in [3.63, 3.8) is 0 Å². The van der Waals surface area contributed by atoms with Crippen molar-refractivity contribution in [2.24, 2.45) is 11.8 Å². The van der Waals surface area contributed by atoms with Gasteiger partial charge in [-0.2, -0.15) is 0 Å². The zero-order valence-electron chi connectivity index (χ0n) is 12.3. The predicted molar refractivity (Wildman–Crippen MR) is 75.7 cm³/mol. The van der Waals surface area contributed by atoms with Gasteiger partial charge in [0.15, 0.2) is 0 Å². The maximum absolute atomic E-state index is 9.86. The molecule has 0 radical (unpaired) electrons. The van der Waals surface area contributed by atoms with Crippen molar-refractivity contribution in [1.29, 1.82) is 0 Å². The molecule has 0 aromatic rings. The Labute approximate surface area is 112 Å². The van der Waals surface area contributed by atoms with E-state index in [-0.39, 0.29) is 6.10 Å². The van der Waals surface area contributed by atoms with E-state index in [9.17, 15) is 5.11 Å². The number of aliphatic hydroxyl groups excluding tert-OH is 1. The average molecular weight is 257 g/mol. The summed E-state index contributed by atoms with van der Waals surface area (Å²) < 4.78 is 5.46. The van der Waals surface area contributed by atoms with Crippen LogP contribution in [0.1, 0.15) is 52.9 Å². The molecule has 0 aliphatic heterocycles. The van der Waals surface area contributed by atoms with Crippen LogP contribution >= 0.6 is 0 Å². The molecule has 108 valence electrons. The fraction of sp³-hybridized carbons (Fsp3) is 1.00. The molecule has 3 heteroatoms. The molecule has 0 amide bonds. The van der Waals surface area contributed by atoms with Crippen LogP contribution in [0.25, 0.3) is 0 Å². The van der Waals surface area contributed by atoms with Gasteiger partial charge in [-0.1, -0.05) is 40.0 Å². The van der Waals surface area contributed by atoms with Crippen LogP contribution in [-0.4, -0.2) is 37.0 Å². The summed E-state index contributed by atoms with van der Waals surface area (Å²) in [5, 5.41) is 13.4. The largest absolute Gasteiger partial charge is 0.389 e. The molecule has 1 fully saturated rings. The second kappa shape index (κ2) is 8.89. The van der Waals surface area contributed by atoms with Crippen LogP contribution in [0.15, 0.2) is 0 Å².